The number of carbonyl (C=O) groups is 2. The van der Waals surface area contributed by atoms with Gasteiger partial charge in [0.1, 0.15) is 11.5 Å². The van der Waals surface area contributed by atoms with Gasteiger partial charge < -0.3 is 10.2 Å². The molecule has 1 fully saturated rings. The number of carbonyl (C=O) groups excluding carboxylic acids is 2. The molecule has 0 spiro atoms. The number of halogens is 1. The van der Waals surface area contributed by atoms with E-state index in [1.807, 2.05) is 0 Å². The van der Waals surface area contributed by atoms with Gasteiger partial charge in [-0.3, -0.25) is 14.6 Å². The molecule has 2 amide bonds. The fraction of sp³-hybridized carbons (Fsp3) is 0.235. The maximum atomic E-state index is 12.9. The molecule has 1 saturated heterocycles. The molecule has 2 aromatic rings. The number of benzene rings is 1. The summed E-state index contributed by atoms with van der Waals surface area (Å²) in [6.45, 7) is 1.46. The van der Waals surface area contributed by atoms with Crippen LogP contribution in [0.25, 0.3) is 0 Å². The summed E-state index contributed by atoms with van der Waals surface area (Å²) in [5, 5.41) is 2.66. The number of rotatable bonds is 3. The molecule has 0 aliphatic carbocycles. The van der Waals surface area contributed by atoms with Gasteiger partial charge in [-0.05, 0) is 49.2 Å². The number of aromatic nitrogens is 1. The van der Waals surface area contributed by atoms with Crippen molar-refractivity contribution in [2.45, 2.75) is 12.8 Å². The van der Waals surface area contributed by atoms with Crippen LogP contribution in [0.15, 0.2) is 42.6 Å². The van der Waals surface area contributed by atoms with Gasteiger partial charge in [-0.15, -0.1) is 0 Å². The van der Waals surface area contributed by atoms with Crippen LogP contribution in [0.4, 0.5) is 10.1 Å². The third-order valence-corrected chi connectivity index (χ3v) is 3.74. The number of hydrogen-bond acceptors (Lipinski definition) is 3. The Kier molecular flexibility index (Phi) is 4.32. The van der Waals surface area contributed by atoms with Gasteiger partial charge in [0.15, 0.2) is 0 Å². The smallest absolute Gasteiger partial charge is 0.272 e. The zero-order chi connectivity index (χ0) is 16.2. The van der Waals surface area contributed by atoms with E-state index in [0.29, 0.717) is 11.3 Å². The third kappa shape index (κ3) is 3.53. The molecule has 0 unspecified atom stereocenters. The molecule has 1 aromatic heterocycles. The van der Waals surface area contributed by atoms with Crippen LogP contribution in [0.2, 0.25) is 0 Å². The molecular weight excluding hydrogens is 297 g/mol. The number of pyridine rings is 1. The second-order valence-electron chi connectivity index (χ2n) is 5.39. The highest BCUT2D eigenvalue weighted by Crippen LogP contribution is 2.14. The summed E-state index contributed by atoms with van der Waals surface area (Å²) < 4.78 is 12.9. The van der Waals surface area contributed by atoms with Crippen molar-refractivity contribution >= 4 is 17.5 Å². The van der Waals surface area contributed by atoms with Gasteiger partial charge in [0.2, 0.25) is 0 Å². The number of amides is 2. The predicted molar refractivity (Wildman–Crippen MR) is 83.7 cm³/mol. The van der Waals surface area contributed by atoms with Crippen LogP contribution in [0.5, 0.6) is 0 Å². The molecule has 0 atom stereocenters. The van der Waals surface area contributed by atoms with Crippen LogP contribution in [-0.4, -0.2) is 34.8 Å². The molecule has 6 heteroatoms. The highest BCUT2D eigenvalue weighted by molar-refractivity contribution is 6.05. The van der Waals surface area contributed by atoms with Crippen LogP contribution < -0.4 is 5.32 Å². The van der Waals surface area contributed by atoms with Crippen molar-refractivity contribution in [3.63, 3.8) is 0 Å². The van der Waals surface area contributed by atoms with E-state index in [1.165, 1.54) is 36.5 Å². The summed E-state index contributed by atoms with van der Waals surface area (Å²) in [4.78, 5) is 30.3. The lowest BCUT2D eigenvalue weighted by molar-refractivity contribution is 0.0787. The van der Waals surface area contributed by atoms with Crippen LogP contribution in [0.3, 0.4) is 0 Å². The molecule has 0 saturated carbocycles. The first-order valence-corrected chi connectivity index (χ1v) is 7.46. The third-order valence-electron chi connectivity index (χ3n) is 3.74. The van der Waals surface area contributed by atoms with Crippen molar-refractivity contribution in [1.82, 2.24) is 9.88 Å². The number of hydrogen-bond donors (Lipinski definition) is 1. The molecule has 3 rings (SSSR count). The minimum absolute atomic E-state index is 0.154. The Balaban J connectivity index is 1.74. The second kappa shape index (κ2) is 6.56. The monoisotopic (exact) mass is 313 g/mol. The average Bonchev–Trinajstić information content (AvgIpc) is 3.11. The Morgan fingerprint density at radius 2 is 1.78 bits per heavy atom. The molecule has 0 radical (unpaired) electrons. The molecule has 118 valence electrons. The van der Waals surface area contributed by atoms with E-state index in [9.17, 15) is 14.0 Å². The van der Waals surface area contributed by atoms with Crippen LogP contribution in [-0.2, 0) is 0 Å². The summed E-state index contributed by atoms with van der Waals surface area (Å²) in [6, 6.07) is 8.52. The van der Waals surface area contributed by atoms with Crippen LogP contribution >= 0.6 is 0 Å². The van der Waals surface area contributed by atoms with Crippen molar-refractivity contribution < 1.29 is 14.0 Å². The van der Waals surface area contributed by atoms with Gasteiger partial charge in [0.05, 0.1) is 0 Å². The second-order valence-corrected chi connectivity index (χ2v) is 5.39. The van der Waals surface area contributed by atoms with Crippen LogP contribution in [0.1, 0.15) is 33.7 Å². The highest BCUT2D eigenvalue weighted by atomic mass is 19.1. The molecule has 2 heterocycles. The summed E-state index contributed by atoms with van der Waals surface area (Å²) in [5.41, 5.74) is 1.09. The lowest BCUT2D eigenvalue weighted by Crippen LogP contribution is -2.28. The van der Waals surface area contributed by atoms with E-state index in [2.05, 4.69) is 10.3 Å². The Morgan fingerprint density at radius 1 is 1.09 bits per heavy atom. The molecule has 1 aliphatic heterocycles. The Hall–Kier alpha value is -2.76. The summed E-state index contributed by atoms with van der Waals surface area (Å²) in [7, 11) is 0. The Bertz CT molecular complexity index is 725. The summed E-state index contributed by atoms with van der Waals surface area (Å²) in [6.07, 6.45) is 3.44. The largest absolute Gasteiger partial charge is 0.337 e. The number of likely N-dealkylation sites (tertiary alicyclic amines) is 1. The number of nitrogens with one attached hydrogen (secondary N) is 1. The molecule has 1 aliphatic rings. The SMILES string of the molecule is O=C(Nc1ccc(F)cc1)c1ccnc(C(=O)N2CCCC2)c1. The molecule has 1 aromatic carbocycles. The van der Waals surface area contributed by atoms with Gasteiger partial charge in [-0.2, -0.15) is 0 Å². The Morgan fingerprint density at radius 3 is 2.48 bits per heavy atom. The molecule has 23 heavy (non-hydrogen) atoms. The zero-order valence-corrected chi connectivity index (χ0v) is 12.5. The summed E-state index contributed by atoms with van der Waals surface area (Å²) >= 11 is 0. The molecule has 5 nitrogen and oxygen atoms in total. The van der Waals surface area contributed by atoms with Crippen molar-refractivity contribution in [3.8, 4) is 0 Å². The normalized spacial score (nSPS) is 13.9. The highest BCUT2D eigenvalue weighted by Gasteiger charge is 2.21. The fourth-order valence-corrected chi connectivity index (χ4v) is 2.51. The van der Waals surface area contributed by atoms with E-state index in [4.69, 9.17) is 0 Å². The van der Waals surface area contributed by atoms with E-state index in [-0.39, 0.29) is 23.3 Å². The number of anilines is 1. The molecule has 0 bridgehead atoms. The molecular formula is C17H16FN3O2. The lowest BCUT2D eigenvalue weighted by Gasteiger charge is -2.14. The van der Waals surface area contributed by atoms with E-state index in [0.717, 1.165) is 25.9 Å². The minimum Gasteiger partial charge on any atom is -0.337 e. The van der Waals surface area contributed by atoms with Gasteiger partial charge in [-0.25, -0.2) is 4.39 Å². The summed E-state index contributed by atoms with van der Waals surface area (Å²) in [5.74, 6) is -0.890. The number of nitrogens with zero attached hydrogens (tertiary/aromatic N) is 2. The maximum absolute atomic E-state index is 12.9. The topological polar surface area (TPSA) is 62.3 Å². The van der Waals surface area contributed by atoms with Crippen molar-refractivity contribution in [1.29, 1.82) is 0 Å². The quantitative estimate of drug-likeness (QED) is 0.947. The average molecular weight is 313 g/mol. The zero-order valence-electron chi connectivity index (χ0n) is 12.5. The molecule has 1 N–H and O–H groups in total. The van der Waals surface area contributed by atoms with Gasteiger partial charge >= 0.3 is 0 Å². The van der Waals surface area contributed by atoms with Gasteiger partial charge in [-0.1, -0.05) is 0 Å². The standard InChI is InChI=1S/C17H16FN3O2/c18-13-3-5-14(6-4-13)20-16(22)12-7-8-19-15(11-12)17(23)21-9-1-2-10-21/h3-8,11H,1-2,9-10H2,(H,20,22). The van der Waals surface area contributed by atoms with Crippen molar-refractivity contribution in [2.75, 3.05) is 18.4 Å². The van der Waals surface area contributed by atoms with Crippen molar-refractivity contribution in [2.24, 2.45) is 0 Å². The van der Waals surface area contributed by atoms with Crippen LogP contribution in [0, 0.1) is 5.82 Å². The maximum Gasteiger partial charge on any atom is 0.272 e. The van der Waals surface area contributed by atoms with Gasteiger partial charge in [0.25, 0.3) is 11.8 Å². The first-order chi connectivity index (χ1) is 11.1. The van der Waals surface area contributed by atoms with E-state index in [1.54, 1.807) is 11.0 Å². The lowest BCUT2D eigenvalue weighted by atomic mass is 10.2. The minimum atomic E-state index is -0.370. The van der Waals surface area contributed by atoms with E-state index >= 15 is 0 Å². The predicted octanol–water partition coefficient (Wildman–Crippen LogP) is 2.71. The first-order valence-electron chi connectivity index (χ1n) is 7.46. The van der Waals surface area contributed by atoms with E-state index < -0.39 is 0 Å². The Labute approximate surface area is 133 Å². The van der Waals surface area contributed by atoms with Gasteiger partial charge in [0, 0.05) is 30.5 Å². The fourth-order valence-electron chi connectivity index (χ4n) is 2.51. The van der Waals surface area contributed by atoms with Crippen molar-refractivity contribution in [3.05, 3.63) is 59.7 Å². The first kappa shape index (κ1) is 15.1.